The molecule has 4 heteroatoms. The summed E-state index contributed by atoms with van der Waals surface area (Å²) in [5, 5.41) is 18.4. The zero-order valence-corrected chi connectivity index (χ0v) is 13.8. The number of aliphatic carboxylic acids is 2. The molecule has 6 unspecified atom stereocenters. The molecule has 0 radical (unpaired) electrons. The highest BCUT2D eigenvalue weighted by Gasteiger charge is 2.46. The number of carboxylic acid groups (broad SMARTS) is 2. The highest BCUT2D eigenvalue weighted by atomic mass is 16.4. The van der Waals surface area contributed by atoms with Gasteiger partial charge in [-0.1, -0.05) is 26.7 Å². The van der Waals surface area contributed by atoms with E-state index in [4.69, 9.17) is 5.11 Å². The van der Waals surface area contributed by atoms with Crippen LogP contribution in [-0.2, 0) is 9.59 Å². The fourth-order valence-corrected chi connectivity index (χ4v) is 5.57. The molecule has 2 N–H and O–H groups in total. The van der Waals surface area contributed by atoms with Gasteiger partial charge in [-0.05, 0) is 61.2 Å². The van der Waals surface area contributed by atoms with Gasteiger partial charge in [0, 0.05) is 12.8 Å². The van der Waals surface area contributed by atoms with Crippen LogP contribution in [0.4, 0.5) is 0 Å². The van der Waals surface area contributed by atoms with Gasteiger partial charge >= 0.3 is 11.9 Å². The second kappa shape index (κ2) is 7.47. The molecule has 0 spiro atoms. The maximum Gasteiger partial charge on any atom is 0.303 e. The van der Waals surface area contributed by atoms with E-state index in [1.165, 1.54) is 19.3 Å². The van der Waals surface area contributed by atoms with Crippen LogP contribution in [0.15, 0.2) is 0 Å². The normalized spacial score (nSPS) is 38.3. The molecular weight excluding hydrogens is 280 g/mol. The van der Waals surface area contributed by atoms with E-state index < -0.39 is 11.9 Å². The Kier molecular flexibility index (Phi) is 5.87. The molecule has 2 rings (SSSR count). The fraction of sp³-hybridized carbons (Fsp3) is 0.889. The van der Waals surface area contributed by atoms with Crippen LogP contribution in [0.3, 0.4) is 0 Å². The van der Waals surface area contributed by atoms with Crippen molar-refractivity contribution in [3.63, 3.8) is 0 Å². The van der Waals surface area contributed by atoms with E-state index in [2.05, 4.69) is 13.8 Å². The molecule has 0 aliphatic heterocycles. The summed E-state index contributed by atoms with van der Waals surface area (Å²) in [6.07, 6.45) is 6.92. The smallest absolute Gasteiger partial charge is 0.303 e. The largest absolute Gasteiger partial charge is 0.481 e. The van der Waals surface area contributed by atoms with Gasteiger partial charge in [-0.25, -0.2) is 0 Å². The van der Waals surface area contributed by atoms with Gasteiger partial charge in [-0.15, -0.1) is 0 Å². The summed E-state index contributed by atoms with van der Waals surface area (Å²) in [6, 6.07) is 0. The van der Waals surface area contributed by atoms with E-state index in [0.29, 0.717) is 17.8 Å². The quantitative estimate of drug-likeness (QED) is 0.776. The van der Waals surface area contributed by atoms with Crippen molar-refractivity contribution in [2.45, 2.75) is 65.2 Å². The van der Waals surface area contributed by atoms with Gasteiger partial charge in [-0.2, -0.15) is 0 Å². The lowest BCUT2D eigenvalue weighted by Gasteiger charge is -2.51. The Balaban J connectivity index is 2.19. The molecule has 2 aliphatic carbocycles. The molecule has 6 atom stereocenters. The third kappa shape index (κ3) is 3.64. The van der Waals surface area contributed by atoms with Gasteiger partial charge in [-0.3, -0.25) is 9.59 Å². The molecule has 0 heterocycles. The van der Waals surface area contributed by atoms with E-state index in [0.717, 1.165) is 25.2 Å². The van der Waals surface area contributed by atoms with E-state index in [-0.39, 0.29) is 24.7 Å². The number of carbonyl (C=O) groups is 2. The second-order valence-electron chi connectivity index (χ2n) is 7.34. The molecule has 22 heavy (non-hydrogen) atoms. The van der Waals surface area contributed by atoms with Gasteiger partial charge in [0.25, 0.3) is 0 Å². The summed E-state index contributed by atoms with van der Waals surface area (Å²) in [5.74, 6) is 1.04. The zero-order chi connectivity index (χ0) is 16.3. The maximum absolute atomic E-state index is 11.3. The highest BCUT2D eigenvalue weighted by Crippen LogP contribution is 2.53. The molecule has 0 bridgehead atoms. The number of carboxylic acids is 2. The second-order valence-corrected chi connectivity index (χ2v) is 7.34. The zero-order valence-electron chi connectivity index (χ0n) is 13.8. The SMILES string of the molecule is CCC1CCC2C(CC(=O)O)C(CC(=O)O)CCC2C1CC. The van der Waals surface area contributed by atoms with E-state index in [1.807, 2.05) is 0 Å². The molecule has 0 aromatic heterocycles. The maximum atomic E-state index is 11.3. The van der Waals surface area contributed by atoms with Gasteiger partial charge in [0.1, 0.15) is 0 Å². The summed E-state index contributed by atoms with van der Waals surface area (Å²) in [6.45, 7) is 4.52. The molecule has 2 saturated carbocycles. The molecular formula is C18H30O4. The average molecular weight is 310 g/mol. The Morgan fingerprint density at radius 2 is 1.32 bits per heavy atom. The van der Waals surface area contributed by atoms with Crippen molar-refractivity contribution >= 4 is 11.9 Å². The van der Waals surface area contributed by atoms with E-state index in [1.54, 1.807) is 0 Å². The Hall–Kier alpha value is -1.06. The number of rotatable bonds is 6. The number of hydrogen-bond acceptors (Lipinski definition) is 2. The molecule has 0 aromatic carbocycles. The fourth-order valence-electron chi connectivity index (χ4n) is 5.57. The minimum Gasteiger partial charge on any atom is -0.481 e. The third-order valence-electron chi connectivity index (χ3n) is 6.45. The first-order valence-corrected chi connectivity index (χ1v) is 8.91. The van der Waals surface area contributed by atoms with Crippen molar-refractivity contribution in [2.75, 3.05) is 0 Å². The molecule has 0 aromatic rings. The molecule has 2 aliphatic rings. The molecule has 2 fully saturated rings. The van der Waals surface area contributed by atoms with Crippen molar-refractivity contribution in [1.82, 2.24) is 0 Å². The monoisotopic (exact) mass is 310 g/mol. The highest BCUT2D eigenvalue weighted by molar-refractivity contribution is 5.68. The van der Waals surface area contributed by atoms with Crippen LogP contribution >= 0.6 is 0 Å². The van der Waals surface area contributed by atoms with Crippen molar-refractivity contribution < 1.29 is 19.8 Å². The summed E-state index contributed by atoms with van der Waals surface area (Å²) >= 11 is 0. The lowest BCUT2D eigenvalue weighted by atomic mass is 9.54. The van der Waals surface area contributed by atoms with Crippen molar-refractivity contribution in [3.05, 3.63) is 0 Å². The average Bonchev–Trinajstić information content (AvgIpc) is 2.47. The van der Waals surface area contributed by atoms with Crippen LogP contribution < -0.4 is 0 Å². The lowest BCUT2D eigenvalue weighted by Crippen LogP contribution is -2.44. The Morgan fingerprint density at radius 3 is 1.82 bits per heavy atom. The summed E-state index contributed by atoms with van der Waals surface area (Å²) in [5.41, 5.74) is 0. The van der Waals surface area contributed by atoms with Crippen molar-refractivity contribution in [1.29, 1.82) is 0 Å². The predicted octanol–water partition coefficient (Wildman–Crippen LogP) is 4.04. The van der Waals surface area contributed by atoms with Crippen molar-refractivity contribution in [2.24, 2.45) is 35.5 Å². The van der Waals surface area contributed by atoms with Crippen molar-refractivity contribution in [3.8, 4) is 0 Å². The minimum atomic E-state index is -0.784. The van der Waals surface area contributed by atoms with Crippen LogP contribution in [-0.4, -0.2) is 22.2 Å². The van der Waals surface area contributed by atoms with Gasteiger partial charge in [0.2, 0.25) is 0 Å². The number of fused-ring (bicyclic) bond motifs is 1. The lowest BCUT2D eigenvalue weighted by molar-refractivity contribution is -0.145. The van der Waals surface area contributed by atoms with E-state index in [9.17, 15) is 14.7 Å². The van der Waals surface area contributed by atoms with E-state index >= 15 is 0 Å². The summed E-state index contributed by atoms with van der Waals surface area (Å²) in [4.78, 5) is 22.4. The third-order valence-corrected chi connectivity index (χ3v) is 6.45. The first kappa shape index (κ1) is 17.3. The molecule has 0 amide bonds. The predicted molar refractivity (Wildman–Crippen MR) is 84.5 cm³/mol. The Morgan fingerprint density at radius 1 is 0.773 bits per heavy atom. The van der Waals surface area contributed by atoms with Gasteiger partial charge in [0.05, 0.1) is 0 Å². The molecule has 0 saturated heterocycles. The van der Waals surface area contributed by atoms with Crippen LogP contribution in [0, 0.1) is 35.5 Å². The molecule has 126 valence electrons. The topological polar surface area (TPSA) is 74.6 Å². The summed E-state index contributed by atoms with van der Waals surface area (Å²) in [7, 11) is 0. The standard InChI is InChI=1S/C18H30O4/c1-3-11-5-7-15-14(13(11)4-2)8-6-12(9-17(19)20)16(15)10-18(21)22/h11-16H,3-10H2,1-2H3,(H,19,20)(H,21,22). The van der Waals surface area contributed by atoms with Crippen LogP contribution in [0.2, 0.25) is 0 Å². The Labute approximate surface area is 133 Å². The minimum absolute atomic E-state index is 0.0468. The first-order chi connectivity index (χ1) is 10.5. The van der Waals surface area contributed by atoms with Gasteiger partial charge < -0.3 is 10.2 Å². The Bertz CT molecular complexity index is 406. The van der Waals surface area contributed by atoms with Crippen LogP contribution in [0.5, 0.6) is 0 Å². The molecule has 4 nitrogen and oxygen atoms in total. The first-order valence-electron chi connectivity index (χ1n) is 8.91. The van der Waals surface area contributed by atoms with Gasteiger partial charge in [0.15, 0.2) is 0 Å². The van der Waals surface area contributed by atoms with Crippen LogP contribution in [0.1, 0.15) is 65.2 Å². The number of hydrogen-bond donors (Lipinski definition) is 2. The van der Waals surface area contributed by atoms with Crippen LogP contribution in [0.25, 0.3) is 0 Å². The summed E-state index contributed by atoms with van der Waals surface area (Å²) < 4.78 is 0.